The van der Waals surface area contributed by atoms with E-state index in [1.54, 1.807) is 10.3 Å². The molecule has 1 atom stereocenters. The second-order valence-corrected chi connectivity index (χ2v) is 9.50. The summed E-state index contributed by atoms with van der Waals surface area (Å²) in [5.74, 6) is 0.619. The van der Waals surface area contributed by atoms with Crippen molar-refractivity contribution in [1.82, 2.24) is 15.2 Å². The van der Waals surface area contributed by atoms with Gasteiger partial charge in [-0.25, -0.2) is 9.78 Å². The number of benzene rings is 1. The van der Waals surface area contributed by atoms with Gasteiger partial charge in [0.2, 0.25) is 0 Å². The largest absolute Gasteiger partial charge is 0.348 e. The molecule has 1 heterocycles. The van der Waals surface area contributed by atoms with Crippen molar-refractivity contribution < 1.29 is 9.59 Å². The van der Waals surface area contributed by atoms with Crippen molar-refractivity contribution in [3.8, 4) is 0 Å². The van der Waals surface area contributed by atoms with Crippen molar-refractivity contribution in [2.75, 3.05) is 5.32 Å². The zero-order valence-electron chi connectivity index (χ0n) is 19.0. The molecule has 2 rings (SSSR count). The molecule has 2 aromatic rings. The molecule has 1 aromatic heterocycles. The van der Waals surface area contributed by atoms with E-state index in [2.05, 4.69) is 43.3 Å². The van der Waals surface area contributed by atoms with Gasteiger partial charge in [0.25, 0.3) is 5.91 Å². The zero-order chi connectivity index (χ0) is 22.4. The summed E-state index contributed by atoms with van der Waals surface area (Å²) in [6.07, 6.45) is 0. The zero-order valence-corrected chi connectivity index (χ0v) is 19.8. The number of nitrogens with zero attached hydrogens (tertiary/aromatic N) is 2. The summed E-state index contributed by atoms with van der Waals surface area (Å²) < 4.78 is 0. The molecule has 0 unspecified atom stereocenters. The maximum Gasteiger partial charge on any atom is 0.322 e. The molecule has 0 fully saturated rings. The Balaban J connectivity index is 2.04. The van der Waals surface area contributed by atoms with Gasteiger partial charge in [-0.3, -0.25) is 4.79 Å². The van der Waals surface area contributed by atoms with E-state index in [4.69, 9.17) is 0 Å². The molecule has 0 spiro atoms. The number of carbonyl (C=O) groups is 2. The van der Waals surface area contributed by atoms with Crippen LogP contribution in [0, 0.1) is 5.92 Å². The highest BCUT2D eigenvalue weighted by Crippen LogP contribution is 2.19. The van der Waals surface area contributed by atoms with E-state index in [-0.39, 0.29) is 24.0 Å². The summed E-state index contributed by atoms with van der Waals surface area (Å²) in [7, 11) is 0. The fraction of sp³-hybridized carbons (Fsp3) is 0.522. The predicted molar refractivity (Wildman–Crippen MR) is 124 cm³/mol. The minimum atomic E-state index is -0.183. The Bertz CT molecular complexity index is 843. The quantitative estimate of drug-likeness (QED) is 0.582. The van der Waals surface area contributed by atoms with Gasteiger partial charge in [0.05, 0.1) is 6.54 Å². The van der Waals surface area contributed by atoms with Gasteiger partial charge >= 0.3 is 6.03 Å². The van der Waals surface area contributed by atoms with Crippen molar-refractivity contribution >= 4 is 29.0 Å². The van der Waals surface area contributed by atoms with E-state index in [0.717, 1.165) is 10.7 Å². The van der Waals surface area contributed by atoms with E-state index in [1.165, 1.54) is 16.9 Å². The summed E-state index contributed by atoms with van der Waals surface area (Å²) in [4.78, 5) is 31.4. The molecule has 164 valence electrons. The molecule has 0 aliphatic carbocycles. The van der Waals surface area contributed by atoms with Gasteiger partial charge in [-0.15, -0.1) is 11.3 Å². The topological polar surface area (TPSA) is 74.3 Å². The summed E-state index contributed by atoms with van der Waals surface area (Å²) >= 11 is 1.39. The van der Waals surface area contributed by atoms with Gasteiger partial charge in [0.15, 0.2) is 0 Å². The van der Waals surface area contributed by atoms with Crippen LogP contribution in [0.1, 0.15) is 75.4 Å². The van der Waals surface area contributed by atoms with E-state index >= 15 is 0 Å². The fourth-order valence-corrected chi connectivity index (χ4v) is 3.49. The third kappa shape index (κ3) is 6.55. The Kier molecular flexibility index (Phi) is 8.41. The number of carbonyl (C=O) groups excluding carboxylic acids is 2. The number of amides is 3. The number of aromatic nitrogens is 1. The van der Waals surface area contributed by atoms with Crippen molar-refractivity contribution in [3.05, 3.63) is 45.9 Å². The number of urea groups is 1. The van der Waals surface area contributed by atoms with Crippen molar-refractivity contribution in [2.45, 2.75) is 73.0 Å². The second kappa shape index (κ2) is 10.6. The van der Waals surface area contributed by atoms with E-state index in [0.29, 0.717) is 24.1 Å². The highest BCUT2D eigenvalue weighted by atomic mass is 32.1. The van der Waals surface area contributed by atoms with Crippen LogP contribution in [-0.4, -0.2) is 33.9 Å². The lowest BCUT2D eigenvalue weighted by Crippen LogP contribution is -2.39. The molecule has 0 aliphatic heterocycles. The van der Waals surface area contributed by atoms with Gasteiger partial charge in [-0.05, 0) is 50.3 Å². The fourth-order valence-electron chi connectivity index (χ4n) is 2.72. The van der Waals surface area contributed by atoms with Crippen LogP contribution < -0.4 is 10.6 Å². The van der Waals surface area contributed by atoms with Crippen molar-refractivity contribution in [3.63, 3.8) is 0 Å². The summed E-state index contributed by atoms with van der Waals surface area (Å²) in [6, 6.07) is 7.79. The van der Waals surface area contributed by atoms with E-state index < -0.39 is 0 Å². The van der Waals surface area contributed by atoms with Gasteiger partial charge in [-0.2, -0.15) is 0 Å². The van der Waals surface area contributed by atoms with Crippen LogP contribution >= 0.6 is 11.3 Å². The Morgan fingerprint density at radius 1 is 1.03 bits per heavy atom. The average Bonchev–Trinajstić information content (AvgIpc) is 3.15. The highest BCUT2D eigenvalue weighted by Gasteiger charge is 2.21. The van der Waals surface area contributed by atoms with Crippen molar-refractivity contribution in [2.24, 2.45) is 5.92 Å². The molecule has 0 saturated heterocycles. The first-order chi connectivity index (χ1) is 14.1. The molecule has 7 heteroatoms. The molecule has 0 radical (unpaired) electrons. The minimum Gasteiger partial charge on any atom is -0.348 e. The standard InChI is InChI=1S/C23H34N4O2S/c1-14(2)17(7)24-22(28)20-13-30-21(26-20)12-27(16(5)6)23(29)25-19-10-8-18(9-11-19)15(3)4/h8-11,13-17H,12H2,1-7H3,(H,24,28)(H,25,29)/t17-/m0/s1. The van der Waals surface area contributed by atoms with Crippen LogP contribution in [-0.2, 0) is 6.54 Å². The first kappa shape index (κ1) is 23.9. The first-order valence-electron chi connectivity index (χ1n) is 10.5. The third-order valence-electron chi connectivity index (χ3n) is 5.16. The van der Waals surface area contributed by atoms with Crippen molar-refractivity contribution in [1.29, 1.82) is 0 Å². The Hall–Kier alpha value is -2.41. The third-order valence-corrected chi connectivity index (χ3v) is 6.00. The van der Waals surface area contributed by atoms with Crippen LogP contribution in [0.4, 0.5) is 10.5 Å². The van der Waals surface area contributed by atoms with E-state index in [1.807, 2.05) is 45.0 Å². The summed E-state index contributed by atoms with van der Waals surface area (Å²) in [5, 5.41) is 8.41. The molecule has 3 amide bonds. The van der Waals surface area contributed by atoms with E-state index in [9.17, 15) is 9.59 Å². The number of hydrogen-bond donors (Lipinski definition) is 2. The first-order valence-corrected chi connectivity index (χ1v) is 11.4. The SMILES string of the molecule is CC(C)c1ccc(NC(=O)N(Cc2nc(C(=O)N[C@@H](C)C(C)C)cs2)C(C)C)cc1. The van der Waals surface area contributed by atoms with Crippen LogP contribution in [0.25, 0.3) is 0 Å². The molecular formula is C23H34N4O2S. The number of anilines is 1. The molecule has 0 saturated carbocycles. The number of rotatable bonds is 8. The molecule has 6 nitrogen and oxygen atoms in total. The molecule has 0 bridgehead atoms. The lowest BCUT2D eigenvalue weighted by molar-refractivity contribution is 0.0926. The number of nitrogens with one attached hydrogen (secondary N) is 2. The smallest absolute Gasteiger partial charge is 0.322 e. The number of thiazole rings is 1. The van der Waals surface area contributed by atoms with Gasteiger partial charge in [0.1, 0.15) is 10.7 Å². The lowest BCUT2D eigenvalue weighted by atomic mass is 10.0. The molecule has 2 N–H and O–H groups in total. The van der Waals surface area contributed by atoms with Crippen LogP contribution in [0.15, 0.2) is 29.6 Å². The number of hydrogen-bond acceptors (Lipinski definition) is 4. The Morgan fingerprint density at radius 3 is 2.20 bits per heavy atom. The van der Waals surface area contributed by atoms with Gasteiger partial charge < -0.3 is 15.5 Å². The minimum absolute atomic E-state index is 0.0120. The van der Waals surface area contributed by atoms with Gasteiger partial charge in [0, 0.05) is 23.2 Å². The molecular weight excluding hydrogens is 396 g/mol. The van der Waals surface area contributed by atoms with Gasteiger partial charge in [-0.1, -0.05) is 39.8 Å². The predicted octanol–water partition coefficient (Wildman–Crippen LogP) is 5.48. The Labute approximate surface area is 184 Å². The van der Waals surface area contributed by atoms with Crippen LogP contribution in [0.5, 0.6) is 0 Å². The summed E-state index contributed by atoms with van der Waals surface area (Å²) in [6.45, 7) is 14.7. The highest BCUT2D eigenvalue weighted by molar-refractivity contribution is 7.09. The average molecular weight is 431 g/mol. The normalized spacial score (nSPS) is 12.3. The second-order valence-electron chi connectivity index (χ2n) is 8.56. The molecule has 0 aliphatic rings. The maximum atomic E-state index is 12.9. The van der Waals surface area contributed by atoms with Crippen LogP contribution in [0.3, 0.4) is 0 Å². The summed E-state index contributed by atoms with van der Waals surface area (Å²) in [5.41, 5.74) is 2.39. The Morgan fingerprint density at radius 2 is 1.67 bits per heavy atom. The maximum absolute atomic E-state index is 12.9. The monoisotopic (exact) mass is 430 g/mol. The molecule has 30 heavy (non-hydrogen) atoms. The van der Waals surface area contributed by atoms with Crippen LogP contribution in [0.2, 0.25) is 0 Å². The lowest BCUT2D eigenvalue weighted by Gasteiger charge is -2.26. The molecule has 1 aromatic carbocycles.